The van der Waals surface area contributed by atoms with E-state index in [0.717, 1.165) is 0 Å². The Morgan fingerprint density at radius 1 is 1.50 bits per heavy atom. The van der Waals surface area contributed by atoms with Crippen molar-refractivity contribution in [3.63, 3.8) is 0 Å². The van der Waals surface area contributed by atoms with Gasteiger partial charge in [-0.15, -0.1) is 0 Å². The number of anilines is 1. The van der Waals surface area contributed by atoms with Crippen LogP contribution in [0.25, 0.3) is 0 Å². The Morgan fingerprint density at radius 2 is 2.17 bits per heavy atom. The van der Waals surface area contributed by atoms with E-state index in [1.807, 2.05) is 0 Å². The smallest absolute Gasteiger partial charge is 0.267 e. The lowest BCUT2D eigenvalue weighted by Gasteiger charge is -2.03. The predicted octanol–water partition coefficient (Wildman–Crippen LogP) is 2.50. The topological polar surface area (TPSA) is 38.9 Å². The summed E-state index contributed by atoms with van der Waals surface area (Å²) >= 11 is 3.15. The second kappa shape index (κ2) is 3.80. The maximum Gasteiger partial charge on any atom is 0.267 e. The summed E-state index contributed by atoms with van der Waals surface area (Å²) in [5.74, 6) is -0.0954. The van der Waals surface area contributed by atoms with E-state index in [9.17, 15) is 8.78 Å². The molecule has 2 nitrogen and oxygen atoms in total. The van der Waals surface area contributed by atoms with Crippen molar-refractivity contribution in [2.24, 2.45) is 0 Å². The van der Waals surface area contributed by atoms with E-state index in [0.29, 0.717) is 11.0 Å². The average molecular weight is 237 g/mol. The molecule has 2 N–H and O–H groups in total. The molecule has 1 aromatic heterocycles. The number of nitrogens with two attached hydrogens (primary N) is 1. The zero-order valence-electron chi connectivity index (χ0n) is 6.10. The Balaban J connectivity index is 3.03. The number of nitrogens with zero attached hydrogens (tertiary/aromatic N) is 1. The molecule has 0 fully saturated rings. The van der Waals surface area contributed by atoms with Crippen LogP contribution in [0.1, 0.15) is 17.7 Å². The molecule has 1 rings (SSSR count). The highest BCUT2D eigenvalue weighted by molar-refractivity contribution is 9.08. The lowest BCUT2D eigenvalue weighted by molar-refractivity contribution is 0.152. The van der Waals surface area contributed by atoms with Crippen LogP contribution >= 0.6 is 15.9 Å². The van der Waals surface area contributed by atoms with Crippen molar-refractivity contribution in [3.05, 3.63) is 23.4 Å². The third-order valence-corrected chi connectivity index (χ3v) is 1.96. The second-order valence-corrected chi connectivity index (χ2v) is 2.77. The minimum Gasteiger partial charge on any atom is -0.383 e. The molecule has 12 heavy (non-hydrogen) atoms. The van der Waals surface area contributed by atoms with Crippen molar-refractivity contribution < 1.29 is 8.78 Å². The van der Waals surface area contributed by atoms with Crippen molar-refractivity contribution in [3.8, 4) is 0 Å². The largest absolute Gasteiger partial charge is 0.383 e. The standard InChI is InChI=1S/C7H7BrF2N2/c8-3-4-1-2-5(6(9)10)7(11)12-4/h1-2,6H,3H2,(H2,11,12). The molecule has 0 aliphatic rings. The van der Waals surface area contributed by atoms with Gasteiger partial charge in [-0.1, -0.05) is 15.9 Å². The molecule has 1 aromatic rings. The van der Waals surface area contributed by atoms with Crippen LogP contribution in [0.3, 0.4) is 0 Å². The molecule has 0 bridgehead atoms. The first-order valence-electron chi connectivity index (χ1n) is 3.24. The number of hydrogen-bond donors (Lipinski definition) is 1. The SMILES string of the molecule is Nc1nc(CBr)ccc1C(F)F. The first-order valence-corrected chi connectivity index (χ1v) is 4.36. The zero-order chi connectivity index (χ0) is 9.14. The van der Waals surface area contributed by atoms with E-state index < -0.39 is 6.43 Å². The predicted molar refractivity (Wildman–Crippen MR) is 46.2 cm³/mol. The molecule has 0 amide bonds. The van der Waals surface area contributed by atoms with Crippen LogP contribution < -0.4 is 5.73 Å². The van der Waals surface area contributed by atoms with Crippen LogP contribution in [0.15, 0.2) is 12.1 Å². The van der Waals surface area contributed by atoms with Crippen molar-refractivity contribution in [2.75, 3.05) is 5.73 Å². The average Bonchev–Trinajstić information content (AvgIpc) is 2.03. The summed E-state index contributed by atoms with van der Waals surface area (Å²) in [5.41, 5.74) is 5.73. The van der Waals surface area contributed by atoms with Gasteiger partial charge in [-0.25, -0.2) is 13.8 Å². The molecule has 0 aliphatic heterocycles. The van der Waals surface area contributed by atoms with Gasteiger partial charge in [0.05, 0.1) is 11.3 Å². The highest BCUT2D eigenvalue weighted by Crippen LogP contribution is 2.23. The molecule has 0 spiro atoms. The first kappa shape index (κ1) is 9.38. The van der Waals surface area contributed by atoms with Gasteiger partial charge in [0.2, 0.25) is 0 Å². The van der Waals surface area contributed by atoms with Gasteiger partial charge in [0.1, 0.15) is 5.82 Å². The highest BCUT2D eigenvalue weighted by atomic mass is 79.9. The Bertz CT molecular complexity index is 278. The van der Waals surface area contributed by atoms with Crippen molar-refractivity contribution in [1.29, 1.82) is 0 Å². The molecule has 0 aromatic carbocycles. The van der Waals surface area contributed by atoms with E-state index >= 15 is 0 Å². The number of alkyl halides is 3. The summed E-state index contributed by atoms with van der Waals surface area (Å²) in [6.07, 6.45) is -2.55. The summed E-state index contributed by atoms with van der Waals surface area (Å²) in [7, 11) is 0. The van der Waals surface area contributed by atoms with Crippen LogP contribution in [-0.2, 0) is 5.33 Å². The van der Waals surface area contributed by atoms with Crippen LogP contribution in [0.5, 0.6) is 0 Å². The second-order valence-electron chi connectivity index (χ2n) is 2.21. The van der Waals surface area contributed by atoms with E-state index in [-0.39, 0.29) is 11.4 Å². The third-order valence-electron chi connectivity index (χ3n) is 1.39. The van der Waals surface area contributed by atoms with E-state index in [2.05, 4.69) is 20.9 Å². The van der Waals surface area contributed by atoms with E-state index in [1.165, 1.54) is 12.1 Å². The summed E-state index contributed by atoms with van der Waals surface area (Å²) in [5, 5.41) is 0.515. The Labute approximate surface area is 76.9 Å². The Morgan fingerprint density at radius 3 is 2.58 bits per heavy atom. The summed E-state index contributed by atoms with van der Waals surface area (Å²) in [6, 6.07) is 2.82. The number of nitrogen functional groups attached to an aromatic ring is 1. The fraction of sp³-hybridized carbons (Fsp3) is 0.286. The molecule has 0 atom stereocenters. The van der Waals surface area contributed by atoms with Gasteiger partial charge in [-0.05, 0) is 12.1 Å². The van der Waals surface area contributed by atoms with Crippen molar-refractivity contribution >= 4 is 21.7 Å². The van der Waals surface area contributed by atoms with Crippen molar-refractivity contribution in [1.82, 2.24) is 4.98 Å². The van der Waals surface area contributed by atoms with Crippen LogP contribution in [0, 0.1) is 0 Å². The molecule has 0 saturated carbocycles. The lowest BCUT2D eigenvalue weighted by Crippen LogP contribution is -2.00. The maximum atomic E-state index is 12.1. The van der Waals surface area contributed by atoms with Gasteiger partial charge in [0.25, 0.3) is 6.43 Å². The molecule has 1 heterocycles. The van der Waals surface area contributed by atoms with Gasteiger partial charge in [0.15, 0.2) is 0 Å². The molecular weight excluding hydrogens is 230 g/mol. The minimum atomic E-state index is -2.55. The number of pyridine rings is 1. The number of hydrogen-bond acceptors (Lipinski definition) is 2. The summed E-state index contributed by atoms with van der Waals surface area (Å²) in [4.78, 5) is 3.76. The molecular formula is C7H7BrF2N2. The summed E-state index contributed by atoms with van der Waals surface area (Å²) < 4.78 is 24.3. The van der Waals surface area contributed by atoms with Crippen LogP contribution in [0.2, 0.25) is 0 Å². The zero-order valence-corrected chi connectivity index (χ0v) is 7.68. The lowest BCUT2D eigenvalue weighted by atomic mass is 10.2. The van der Waals surface area contributed by atoms with Crippen LogP contribution in [-0.4, -0.2) is 4.98 Å². The van der Waals surface area contributed by atoms with Gasteiger partial charge >= 0.3 is 0 Å². The molecule has 5 heteroatoms. The summed E-state index contributed by atoms with van der Waals surface area (Å²) in [6.45, 7) is 0. The minimum absolute atomic E-state index is 0.0954. The Kier molecular flexibility index (Phi) is 2.97. The monoisotopic (exact) mass is 236 g/mol. The van der Waals surface area contributed by atoms with Gasteiger partial charge in [-0.2, -0.15) is 0 Å². The number of aromatic nitrogens is 1. The van der Waals surface area contributed by atoms with Gasteiger partial charge < -0.3 is 5.73 Å². The van der Waals surface area contributed by atoms with Crippen molar-refractivity contribution in [2.45, 2.75) is 11.8 Å². The molecule has 66 valence electrons. The van der Waals surface area contributed by atoms with Gasteiger partial charge in [-0.3, -0.25) is 0 Å². The fourth-order valence-corrected chi connectivity index (χ4v) is 1.10. The van der Waals surface area contributed by atoms with Gasteiger partial charge in [0, 0.05) is 5.33 Å². The molecule has 0 saturated heterocycles. The van der Waals surface area contributed by atoms with Crippen LogP contribution in [0.4, 0.5) is 14.6 Å². The highest BCUT2D eigenvalue weighted by Gasteiger charge is 2.11. The molecule has 0 radical (unpaired) electrons. The fourth-order valence-electron chi connectivity index (χ4n) is 0.787. The normalized spacial score (nSPS) is 10.7. The molecule has 0 unspecified atom stereocenters. The van der Waals surface area contributed by atoms with E-state index in [1.54, 1.807) is 0 Å². The molecule has 0 aliphatic carbocycles. The van der Waals surface area contributed by atoms with E-state index in [4.69, 9.17) is 5.73 Å². The first-order chi connectivity index (χ1) is 5.65. The Hall–Kier alpha value is -0.710. The maximum absolute atomic E-state index is 12.1. The number of halogens is 3. The quantitative estimate of drug-likeness (QED) is 0.802. The number of rotatable bonds is 2. The third kappa shape index (κ3) is 1.91.